The molecule has 1 aromatic rings. The number of hydrogen-bond acceptors (Lipinski definition) is 5. The van der Waals surface area contributed by atoms with E-state index in [9.17, 15) is 14.4 Å². The molecule has 0 N–H and O–H groups in total. The summed E-state index contributed by atoms with van der Waals surface area (Å²) in [5.74, 6) is 0.0987. The maximum atomic E-state index is 12.6. The largest absolute Gasteiger partial charge is 0.497 e. The number of amides is 2. The van der Waals surface area contributed by atoms with Crippen LogP contribution in [0.5, 0.6) is 5.75 Å². The number of anilines is 1. The molecule has 0 bridgehead atoms. The average molecular weight is 348 g/mol. The summed E-state index contributed by atoms with van der Waals surface area (Å²) in [5.41, 5.74) is 0.759. The highest BCUT2D eigenvalue weighted by atomic mass is 16.5. The van der Waals surface area contributed by atoms with Crippen LogP contribution in [0.4, 0.5) is 5.69 Å². The molecule has 1 heterocycles. The number of carbonyl (C=O) groups excluding carboxylic acids is 3. The molecule has 2 amide bonds. The van der Waals surface area contributed by atoms with Gasteiger partial charge in [-0.1, -0.05) is 6.07 Å². The van der Waals surface area contributed by atoms with Gasteiger partial charge in [0, 0.05) is 31.1 Å². The maximum Gasteiger partial charge on any atom is 0.305 e. The zero-order valence-electron chi connectivity index (χ0n) is 14.9. The Balaban J connectivity index is 1.98. The Kier molecular flexibility index (Phi) is 6.38. The minimum atomic E-state index is -0.333. The first-order valence-electron chi connectivity index (χ1n) is 8.27. The Bertz CT molecular complexity index is 646. The molecule has 1 fully saturated rings. The van der Waals surface area contributed by atoms with E-state index in [1.54, 1.807) is 16.9 Å². The van der Waals surface area contributed by atoms with Crippen molar-refractivity contribution in [2.75, 3.05) is 32.2 Å². The minimum Gasteiger partial charge on any atom is -0.497 e. The molecule has 0 saturated carbocycles. The van der Waals surface area contributed by atoms with Gasteiger partial charge >= 0.3 is 5.97 Å². The Morgan fingerprint density at radius 1 is 1.24 bits per heavy atom. The van der Waals surface area contributed by atoms with Gasteiger partial charge in [0.25, 0.3) is 0 Å². The van der Waals surface area contributed by atoms with E-state index in [2.05, 4.69) is 4.74 Å². The number of ether oxygens (including phenoxy) is 2. The summed E-state index contributed by atoms with van der Waals surface area (Å²) in [6, 6.07) is 7.17. The van der Waals surface area contributed by atoms with Crippen LogP contribution in [0.1, 0.15) is 26.2 Å². The predicted octanol–water partition coefficient (Wildman–Crippen LogP) is 1.60. The van der Waals surface area contributed by atoms with Crippen molar-refractivity contribution in [3.05, 3.63) is 24.3 Å². The average Bonchev–Trinajstić information content (AvgIpc) is 2.60. The molecule has 25 heavy (non-hydrogen) atoms. The fraction of sp³-hybridized carbons (Fsp3) is 0.500. The van der Waals surface area contributed by atoms with Gasteiger partial charge in [0.15, 0.2) is 0 Å². The Morgan fingerprint density at radius 3 is 2.64 bits per heavy atom. The van der Waals surface area contributed by atoms with Gasteiger partial charge in [0.05, 0.1) is 20.3 Å². The molecule has 7 heteroatoms. The van der Waals surface area contributed by atoms with Crippen LogP contribution < -0.4 is 9.64 Å². The Morgan fingerprint density at radius 2 is 2.00 bits per heavy atom. The SMILES string of the molecule is COC(=O)CCCC(=O)N1CC(=O)N(c2cccc(OC)c2)C(C)C1. The van der Waals surface area contributed by atoms with E-state index < -0.39 is 0 Å². The van der Waals surface area contributed by atoms with Crippen molar-refractivity contribution in [1.82, 2.24) is 4.90 Å². The molecule has 136 valence electrons. The summed E-state index contributed by atoms with van der Waals surface area (Å²) in [7, 11) is 2.90. The first-order chi connectivity index (χ1) is 12.0. The van der Waals surface area contributed by atoms with Crippen LogP contribution in [0.15, 0.2) is 24.3 Å². The van der Waals surface area contributed by atoms with Gasteiger partial charge in [-0.25, -0.2) is 0 Å². The monoisotopic (exact) mass is 348 g/mol. The quantitative estimate of drug-likeness (QED) is 0.730. The van der Waals surface area contributed by atoms with E-state index >= 15 is 0 Å². The Hall–Kier alpha value is -2.57. The molecule has 1 aliphatic heterocycles. The molecule has 1 aliphatic rings. The molecule has 0 spiro atoms. The molecule has 0 radical (unpaired) electrons. The van der Waals surface area contributed by atoms with Gasteiger partial charge in [-0.3, -0.25) is 14.4 Å². The number of rotatable bonds is 6. The van der Waals surface area contributed by atoms with E-state index in [1.165, 1.54) is 7.11 Å². The molecular formula is C18H24N2O5. The highest BCUT2D eigenvalue weighted by Crippen LogP contribution is 2.25. The number of hydrogen-bond donors (Lipinski definition) is 0. The van der Waals surface area contributed by atoms with Crippen molar-refractivity contribution < 1.29 is 23.9 Å². The molecule has 0 aromatic heterocycles. The van der Waals surface area contributed by atoms with Crippen LogP contribution in [-0.2, 0) is 19.1 Å². The molecule has 1 unspecified atom stereocenters. The standard InChI is InChI=1S/C18H24N2O5/c1-13-11-19(16(21)8-5-9-18(23)25-3)12-17(22)20(13)14-6-4-7-15(10-14)24-2/h4,6-7,10,13H,5,8-9,11-12H2,1-3H3. The van der Waals surface area contributed by atoms with Gasteiger partial charge in [0.1, 0.15) is 12.3 Å². The molecule has 0 aliphatic carbocycles. The van der Waals surface area contributed by atoms with Crippen molar-refractivity contribution >= 4 is 23.5 Å². The Labute approximate surface area is 147 Å². The third-order valence-electron chi connectivity index (χ3n) is 4.20. The first-order valence-corrected chi connectivity index (χ1v) is 8.27. The van der Waals surface area contributed by atoms with Crippen molar-refractivity contribution in [3.63, 3.8) is 0 Å². The molecule has 2 rings (SSSR count). The van der Waals surface area contributed by atoms with Crippen molar-refractivity contribution in [2.45, 2.75) is 32.2 Å². The maximum absolute atomic E-state index is 12.6. The van der Waals surface area contributed by atoms with E-state index in [0.717, 1.165) is 5.69 Å². The van der Waals surface area contributed by atoms with Gasteiger partial charge in [-0.05, 0) is 25.5 Å². The summed E-state index contributed by atoms with van der Waals surface area (Å²) in [5, 5.41) is 0. The smallest absolute Gasteiger partial charge is 0.305 e. The number of benzene rings is 1. The third kappa shape index (κ3) is 4.71. The van der Waals surface area contributed by atoms with Crippen LogP contribution >= 0.6 is 0 Å². The fourth-order valence-electron chi connectivity index (χ4n) is 2.94. The normalized spacial score (nSPS) is 17.4. The molecular weight excluding hydrogens is 324 g/mol. The van der Waals surface area contributed by atoms with Gasteiger partial charge in [-0.2, -0.15) is 0 Å². The fourth-order valence-corrected chi connectivity index (χ4v) is 2.94. The molecule has 7 nitrogen and oxygen atoms in total. The van der Waals surface area contributed by atoms with Crippen LogP contribution in [-0.4, -0.2) is 56.0 Å². The molecule has 1 saturated heterocycles. The highest BCUT2D eigenvalue weighted by Gasteiger charge is 2.33. The number of piperazine rings is 1. The summed E-state index contributed by atoms with van der Waals surface area (Å²) in [6.07, 6.45) is 0.855. The summed E-state index contributed by atoms with van der Waals surface area (Å²) in [4.78, 5) is 39.2. The zero-order valence-corrected chi connectivity index (χ0v) is 14.9. The van der Waals surface area contributed by atoms with E-state index in [0.29, 0.717) is 18.7 Å². The second-order valence-corrected chi connectivity index (χ2v) is 6.02. The first kappa shape index (κ1) is 18.8. The van der Waals surface area contributed by atoms with Gasteiger partial charge in [-0.15, -0.1) is 0 Å². The number of carbonyl (C=O) groups is 3. The van der Waals surface area contributed by atoms with Gasteiger partial charge in [0.2, 0.25) is 11.8 Å². The summed E-state index contributed by atoms with van der Waals surface area (Å²) in [6.45, 7) is 2.41. The lowest BCUT2D eigenvalue weighted by molar-refractivity contribution is -0.141. The topological polar surface area (TPSA) is 76.2 Å². The summed E-state index contributed by atoms with van der Waals surface area (Å²) < 4.78 is 9.77. The molecule has 1 atom stereocenters. The number of methoxy groups -OCH3 is 2. The minimum absolute atomic E-state index is 0.0403. The van der Waals surface area contributed by atoms with E-state index in [-0.39, 0.29) is 43.2 Å². The zero-order chi connectivity index (χ0) is 18.4. The van der Waals surface area contributed by atoms with Crippen LogP contribution in [0.25, 0.3) is 0 Å². The third-order valence-corrected chi connectivity index (χ3v) is 4.20. The van der Waals surface area contributed by atoms with Crippen LogP contribution in [0.3, 0.4) is 0 Å². The predicted molar refractivity (Wildman–Crippen MR) is 92.4 cm³/mol. The second kappa shape index (κ2) is 8.50. The van der Waals surface area contributed by atoms with Gasteiger partial charge < -0.3 is 19.3 Å². The van der Waals surface area contributed by atoms with E-state index in [4.69, 9.17) is 4.74 Å². The van der Waals surface area contributed by atoms with Crippen LogP contribution in [0.2, 0.25) is 0 Å². The lowest BCUT2D eigenvalue weighted by Crippen LogP contribution is -2.57. The second-order valence-electron chi connectivity index (χ2n) is 6.02. The highest BCUT2D eigenvalue weighted by molar-refractivity contribution is 5.98. The lowest BCUT2D eigenvalue weighted by atomic mass is 10.1. The number of nitrogens with zero attached hydrogens (tertiary/aromatic N) is 2. The number of esters is 1. The van der Waals surface area contributed by atoms with Crippen molar-refractivity contribution in [2.24, 2.45) is 0 Å². The van der Waals surface area contributed by atoms with Crippen molar-refractivity contribution in [1.29, 1.82) is 0 Å². The lowest BCUT2D eigenvalue weighted by Gasteiger charge is -2.39. The van der Waals surface area contributed by atoms with Crippen LogP contribution in [0, 0.1) is 0 Å². The summed E-state index contributed by atoms with van der Waals surface area (Å²) >= 11 is 0. The molecule has 1 aromatic carbocycles. The van der Waals surface area contributed by atoms with Crippen molar-refractivity contribution in [3.8, 4) is 5.75 Å². The van der Waals surface area contributed by atoms with E-state index in [1.807, 2.05) is 31.2 Å².